The predicted octanol–water partition coefficient (Wildman–Crippen LogP) is 3.34. The molecule has 17 heavy (non-hydrogen) atoms. The van der Waals surface area contributed by atoms with Gasteiger partial charge in [-0.25, -0.2) is 0 Å². The summed E-state index contributed by atoms with van der Waals surface area (Å²) in [6, 6.07) is 0.446. The maximum atomic E-state index is 5.95. The minimum Gasteiger partial charge on any atom is -0.373 e. The molecule has 3 atom stereocenters. The van der Waals surface area contributed by atoms with E-state index in [4.69, 9.17) is 17.0 Å². The number of nitrogens with zero attached hydrogens (tertiary/aromatic N) is 1. The van der Waals surface area contributed by atoms with Gasteiger partial charge in [-0.15, -0.1) is 0 Å². The summed E-state index contributed by atoms with van der Waals surface area (Å²) >= 11 is 5.45. The van der Waals surface area contributed by atoms with Crippen LogP contribution in [0.25, 0.3) is 0 Å². The van der Waals surface area contributed by atoms with Crippen LogP contribution in [0.15, 0.2) is 6.20 Å². The van der Waals surface area contributed by atoms with E-state index in [1.807, 2.05) is 0 Å². The second-order valence-corrected chi connectivity index (χ2v) is 6.66. The normalized spacial score (nSPS) is 32.3. The standard InChI is InChI=1S/C13H20N2OS/c1-13(2,3)11-7-14-12(17)15(11)9-6-8-4-5-10(9)16-8/h7-10H,4-6H2,1-3H3,(H,14,17). The number of aromatic nitrogens is 2. The third-order valence-corrected chi connectivity index (χ3v) is 4.30. The van der Waals surface area contributed by atoms with E-state index in [2.05, 4.69) is 36.5 Å². The Morgan fingerprint density at radius 2 is 2.18 bits per heavy atom. The molecule has 0 aliphatic carbocycles. The zero-order valence-corrected chi connectivity index (χ0v) is 11.5. The smallest absolute Gasteiger partial charge is 0.177 e. The Morgan fingerprint density at radius 3 is 2.71 bits per heavy atom. The van der Waals surface area contributed by atoms with Crippen molar-refractivity contribution in [1.82, 2.24) is 9.55 Å². The number of hydrogen-bond donors (Lipinski definition) is 1. The van der Waals surface area contributed by atoms with Gasteiger partial charge >= 0.3 is 0 Å². The molecule has 2 bridgehead atoms. The fourth-order valence-corrected chi connectivity index (χ4v) is 3.46. The van der Waals surface area contributed by atoms with E-state index in [1.54, 1.807) is 0 Å². The largest absolute Gasteiger partial charge is 0.373 e. The summed E-state index contributed by atoms with van der Waals surface area (Å²) in [5, 5.41) is 0. The van der Waals surface area contributed by atoms with Gasteiger partial charge in [0.2, 0.25) is 0 Å². The summed E-state index contributed by atoms with van der Waals surface area (Å²) < 4.78 is 9.10. The molecule has 3 rings (SSSR count). The van der Waals surface area contributed by atoms with Gasteiger partial charge in [0.25, 0.3) is 0 Å². The van der Waals surface area contributed by atoms with Crippen molar-refractivity contribution in [3.8, 4) is 0 Å². The van der Waals surface area contributed by atoms with E-state index in [9.17, 15) is 0 Å². The molecule has 0 spiro atoms. The van der Waals surface area contributed by atoms with Crippen molar-refractivity contribution >= 4 is 12.2 Å². The molecule has 2 fully saturated rings. The molecule has 2 aliphatic rings. The van der Waals surface area contributed by atoms with E-state index in [0.29, 0.717) is 18.2 Å². The number of rotatable bonds is 1. The van der Waals surface area contributed by atoms with Crippen LogP contribution in [0.5, 0.6) is 0 Å². The molecule has 1 aromatic heterocycles. The molecule has 1 aromatic rings. The predicted molar refractivity (Wildman–Crippen MR) is 69.9 cm³/mol. The first-order chi connectivity index (χ1) is 7.97. The molecule has 3 unspecified atom stereocenters. The monoisotopic (exact) mass is 252 g/mol. The summed E-state index contributed by atoms with van der Waals surface area (Å²) in [6.45, 7) is 6.69. The third kappa shape index (κ3) is 1.78. The minimum absolute atomic E-state index is 0.120. The van der Waals surface area contributed by atoms with E-state index < -0.39 is 0 Å². The Kier molecular flexibility index (Phi) is 2.49. The summed E-state index contributed by atoms with van der Waals surface area (Å²) in [7, 11) is 0. The van der Waals surface area contributed by atoms with Crippen molar-refractivity contribution in [2.75, 3.05) is 0 Å². The highest BCUT2D eigenvalue weighted by molar-refractivity contribution is 7.71. The number of fused-ring (bicyclic) bond motifs is 2. The van der Waals surface area contributed by atoms with Gasteiger partial charge in [0.1, 0.15) is 0 Å². The first-order valence-electron chi connectivity index (χ1n) is 6.42. The minimum atomic E-state index is 0.120. The summed E-state index contributed by atoms with van der Waals surface area (Å²) in [4.78, 5) is 3.20. The van der Waals surface area contributed by atoms with Crippen molar-refractivity contribution < 1.29 is 4.74 Å². The molecule has 0 amide bonds. The number of H-pyrrole nitrogens is 1. The number of ether oxygens (including phenoxy) is 1. The summed E-state index contributed by atoms with van der Waals surface area (Å²) in [5.74, 6) is 0. The lowest BCUT2D eigenvalue weighted by Gasteiger charge is -2.27. The van der Waals surface area contributed by atoms with Gasteiger partial charge in [-0.2, -0.15) is 0 Å². The quantitative estimate of drug-likeness (QED) is 0.777. The molecular weight excluding hydrogens is 232 g/mol. The molecule has 94 valence electrons. The maximum absolute atomic E-state index is 5.95. The molecule has 4 heteroatoms. The molecule has 0 aromatic carbocycles. The van der Waals surface area contributed by atoms with Crippen molar-refractivity contribution in [2.45, 2.75) is 63.7 Å². The van der Waals surface area contributed by atoms with Gasteiger partial charge in [0.15, 0.2) is 4.77 Å². The lowest BCUT2D eigenvalue weighted by atomic mass is 9.90. The Hall–Kier alpha value is -0.610. The fraction of sp³-hybridized carbons (Fsp3) is 0.769. The highest BCUT2D eigenvalue weighted by Gasteiger charge is 2.43. The third-order valence-electron chi connectivity index (χ3n) is 3.98. The Morgan fingerprint density at radius 1 is 1.41 bits per heavy atom. The van der Waals surface area contributed by atoms with Gasteiger partial charge in [0.05, 0.1) is 18.2 Å². The van der Waals surface area contributed by atoms with Gasteiger partial charge in [-0.3, -0.25) is 0 Å². The van der Waals surface area contributed by atoms with Gasteiger partial charge in [0, 0.05) is 17.3 Å². The van der Waals surface area contributed by atoms with Crippen LogP contribution in [0.2, 0.25) is 0 Å². The number of imidazole rings is 1. The second kappa shape index (κ2) is 3.69. The van der Waals surface area contributed by atoms with Crippen LogP contribution < -0.4 is 0 Å². The van der Waals surface area contributed by atoms with Gasteiger partial charge in [-0.05, 0) is 31.5 Å². The van der Waals surface area contributed by atoms with E-state index >= 15 is 0 Å². The highest BCUT2D eigenvalue weighted by atomic mass is 32.1. The summed E-state index contributed by atoms with van der Waals surface area (Å²) in [6.07, 6.45) is 6.45. The van der Waals surface area contributed by atoms with Gasteiger partial charge in [-0.1, -0.05) is 20.8 Å². The van der Waals surface area contributed by atoms with Crippen LogP contribution in [0.1, 0.15) is 51.8 Å². The van der Waals surface area contributed by atoms with Crippen LogP contribution in [0.4, 0.5) is 0 Å². The van der Waals surface area contributed by atoms with Crippen LogP contribution >= 0.6 is 12.2 Å². The van der Waals surface area contributed by atoms with Crippen LogP contribution in [-0.4, -0.2) is 21.8 Å². The highest BCUT2D eigenvalue weighted by Crippen LogP contribution is 2.43. The van der Waals surface area contributed by atoms with Crippen molar-refractivity contribution in [1.29, 1.82) is 0 Å². The van der Waals surface area contributed by atoms with Gasteiger partial charge < -0.3 is 14.3 Å². The molecule has 3 nitrogen and oxygen atoms in total. The zero-order valence-electron chi connectivity index (χ0n) is 10.7. The average Bonchev–Trinajstić information content (AvgIpc) is 2.88. The molecular formula is C13H20N2OS. The maximum Gasteiger partial charge on any atom is 0.177 e. The number of aromatic amines is 1. The van der Waals surface area contributed by atoms with Crippen LogP contribution in [0, 0.1) is 4.77 Å². The van der Waals surface area contributed by atoms with Crippen molar-refractivity contribution in [3.63, 3.8) is 0 Å². The first kappa shape index (κ1) is 11.5. The first-order valence-corrected chi connectivity index (χ1v) is 6.83. The van der Waals surface area contributed by atoms with Crippen molar-refractivity contribution in [2.24, 2.45) is 0 Å². The van der Waals surface area contributed by atoms with Crippen LogP contribution in [0.3, 0.4) is 0 Å². The SMILES string of the molecule is CC(C)(C)c1c[nH]c(=S)n1C1CC2CCC1O2. The Balaban J connectivity index is 2.03. The molecule has 0 saturated carbocycles. The molecule has 2 saturated heterocycles. The van der Waals surface area contributed by atoms with Crippen molar-refractivity contribution in [3.05, 3.63) is 16.7 Å². The molecule has 3 heterocycles. The number of nitrogens with one attached hydrogen (secondary N) is 1. The lowest BCUT2D eigenvalue weighted by molar-refractivity contribution is 0.0930. The summed E-state index contributed by atoms with van der Waals surface area (Å²) in [5.41, 5.74) is 1.42. The zero-order chi connectivity index (χ0) is 12.2. The van der Waals surface area contributed by atoms with Crippen LogP contribution in [-0.2, 0) is 10.2 Å². The molecule has 0 radical (unpaired) electrons. The molecule has 2 aliphatic heterocycles. The number of hydrogen-bond acceptors (Lipinski definition) is 2. The Labute approximate surface area is 107 Å². The lowest BCUT2D eigenvalue weighted by Crippen LogP contribution is -2.26. The second-order valence-electron chi connectivity index (χ2n) is 6.28. The van der Waals surface area contributed by atoms with E-state index in [-0.39, 0.29) is 5.41 Å². The Bertz CT molecular complexity index is 482. The fourth-order valence-electron chi connectivity index (χ4n) is 3.17. The molecule has 1 N–H and O–H groups in total. The van der Waals surface area contributed by atoms with E-state index in [1.165, 1.54) is 18.5 Å². The van der Waals surface area contributed by atoms with E-state index in [0.717, 1.165) is 11.2 Å². The topological polar surface area (TPSA) is 29.9 Å². The average molecular weight is 252 g/mol.